The Bertz CT molecular complexity index is 861. The molecular formula is C13H13ClN2O5S. The molecule has 0 aliphatic heterocycles. The number of anilines is 1. The van der Waals surface area contributed by atoms with Crippen LogP contribution in [-0.2, 0) is 10.0 Å². The largest absolute Gasteiger partial charge is 0.477 e. The van der Waals surface area contributed by atoms with E-state index >= 15 is 0 Å². The van der Waals surface area contributed by atoms with E-state index in [4.69, 9.17) is 5.11 Å². The van der Waals surface area contributed by atoms with Gasteiger partial charge in [-0.15, -0.1) is 12.4 Å². The Hall–Kier alpha value is -2.32. The predicted octanol–water partition coefficient (Wildman–Crippen LogP) is 1.53. The monoisotopic (exact) mass is 344 g/mol. The Kier molecular flexibility index (Phi) is 5.34. The topological polar surface area (TPSA) is 116 Å². The molecule has 118 valence electrons. The van der Waals surface area contributed by atoms with Crippen LogP contribution in [0.4, 0.5) is 5.69 Å². The fourth-order valence-electron chi connectivity index (χ4n) is 1.77. The summed E-state index contributed by atoms with van der Waals surface area (Å²) in [7, 11) is -3.40. The van der Waals surface area contributed by atoms with Gasteiger partial charge >= 0.3 is 5.97 Å². The predicted molar refractivity (Wildman–Crippen MR) is 85.2 cm³/mol. The quantitative estimate of drug-likeness (QED) is 0.777. The van der Waals surface area contributed by atoms with Crippen LogP contribution in [0, 0.1) is 0 Å². The van der Waals surface area contributed by atoms with Crippen LogP contribution in [0.5, 0.6) is 0 Å². The maximum atomic E-state index is 11.6. The van der Waals surface area contributed by atoms with Gasteiger partial charge in [-0.05, 0) is 24.3 Å². The zero-order chi connectivity index (χ0) is 15.6. The van der Waals surface area contributed by atoms with E-state index in [9.17, 15) is 18.0 Å². The second kappa shape index (κ2) is 6.63. The average molecular weight is 345 g/mol. The van der Waals surface area contributed by atoms with E-state index in [0.717, 1.165) is 6.26 Å². The number of benzene rings is 1. The first-order chi connectivity index (χ1) is 9.76. The summed E-state index contributed by atoms with van der Waals surface area (Å²) in [6.45, 7) is 0. The van der Waals surface area contributed by atoms with Gasteiger partial charge in [0, 0.05) is 16.9 Å². The van der Waals surface area contributed by atoms with Crippen LogP contribution in [0.1, 0.15) is 10.4 Å². The Balaban J connectivity index is 0.00000242. The van der Waals surface area contributed by atoms with E-state index in [0.29, 0.717) is 16.9 Å². The molecule has 0 radical (unpaired) electrons. The Morgan fingerprint density at radius 2 is 1.91 bits per heavy atom. The van der Waals surface area contributed by atoms with Gasteiger partial charge in [-0.25, -0.2) is 13.2 Å². The number of sulfonamides is 1. The molecule has 2 aromatic rings. The third kappa shape index (κ3) is 4.34. The third-order valence-electron chi connectivity index (χ3n) is 2.62. The van der Waals surface area contributed by atoms with Crippen LogP contribution < -0.4 is 10.3 Å². The Morgan fingerprint density at radius 1 is 1.23 bits per heavy atom. The van der Waals surface area contributed by atoms with Crippen LogP contribution >= 0.6 is 12.4 Å². The molecule has 22 heavy (non-hydrogen) atoms. The van der Waals surface area contributed by atoms with Crippen LogP contribution in [-0.4, -0.2) is 30.7 Å². The number of aromatic nitrogens is 1. The van der Waals surface area contributed by atoms with E-state index in [-0.39, 0.29) is 18.0 Å². The van der Waals surface area contributed by atoms with E-state index in [1.165, 1.54) is 18.2 Å². The van der Waals surface area contributed by atoms with Crippen molar-refractivity contribution >= 4 is 34.1 Å². The van der Waals surface area contributed by atoms with Crippen molar-refractivity contribution in [2.75, 3.05) is 11.0 Å². The molecule has 0 bridgehead atoms. The normalized spacial score (nSPS) is 10.6. The molecular weight excluding hydrogens is 332 g/mol. The standard InChI is InChI=1S/C13H12N2O5S.ClH/c1-21(19,20)15-9-4-2-3-8(7-9)11-6-5-10(13(17)18)12(16)14-11;/h2-7,15H,1H3,(H,14,16)(H,17,18);1H. The van der Waals surface area contributed by atoms with Gasteiger partial charge in [-0.3, -0.25) is 9.52 Å². The lowest BCUT2D eigenvalue weighted by molar-refractivity contribution is 0.0695. The summed E-state index contributed by atoms with van der Waals surface area (Å²) in [5, 5.41) is 8.80. The highest BCUT2D eigenvalue weighted by molar-refractivity contribution is 7.92. The van der Waals surface area contributed by atoms with Gasteiger partial charge in [-0.2, -0.15) is 0 Å². The smallest absolute Gasteiger partial charge is 0.341 e. The van der Waals surface area contributed by atoms with E-state index in [1.807, 2.05) is 0 Å². The van der Waals surface area contributed by atoms with E-state index in [1.54, 1.807) is 18.2 Å². The number of nitrogens with one attached hydrogen (secondary N) is 2. The number of carbonyl (C=O) groups is 1. The van der Waals surface area contributed by atoms with E-state index in [2.05, 4.69) is 9.71 Å². The number of carboxylic acids is 1. The highest BCUT2D eigenvalue weighted by atomic mass is 35.5. The molecule has 1 aromatic carbocycles. The van der Waals surface area contributed by atoms with Crippen molar-refractivity contribution in [3.8, 4) is 11.3 Å². The van der Waals surface area contributed by atoms with Gasteiger partial charge in [0.1, 0.15) is 5.56 Å². The van der Waals surface area contributed by atoms with Gasteiger partial charge in [-0.1, -0.05) is 12.1 Å². The molecule has 0 aliphatic carbocycles. The first-order valence-corrected chi connectivity index (χ1v) is 7.70. The van der Waals surface area contributed by atoms with Gasteiger partial charge in [0.2, 0.25) is 10.0 Å². The summed E-state index contributed by atoms with van der Waals surface area (Å²) >= 11 is 0. The van der Waals surface area contributed by atoms with Crippen LogP contribution in [0.2, 0.25) is 0 Å². The zero-order valence-electron chi connectivity index (χ0n) is 11.4. The molecule has 0 atom stereocenters. The number of H-pyrrole nitrogens is 1. The summed E-state index contributed by atoms with van der Waals surface area (Å²) in [5.74, 6) is -1.31. The number of hydrogen-bond acceptors (Lipinski definition) is 4. The highest BCUT2D eigenvalue weighted by Crippen LogP contribution is 2.20. The molecule has 0 spiro atoms. The number of pyridine rings is 1. The number of aromatic amines is 1. The fraction of sp³-hybridized carbons (Fsp3) is 0.0769. The minimum atomic E-state index is -3.40. The number of halogens is 1. The minimum absolute atomic E-state index is 0. The summed E-state index contributed by atoms with van der Waals surface area (Å²) in [6, 6.07) is 9.03. The Labute approximate surface area is 132 Å². The van der Waals surface area contributed by atoms with Crippen molar-refractivity contribution in [1.82, 2.24) is 4.98 Å². The van der Waals surface area contributed by atoms with Gasteiger partial charge in [0.05, 0.1) is 6.26 Å². The molecule has 1 heterocycles. The molecule has 1 aromatic heterocycles. The summed E-state index contributed by atoms with van der Waals surface area (Å²) in [4.78, 5) is 24.9. The van der Waals surface area contributed by atoms with Crippen molar-refractivity contribution < 1.29 is 18.3 Å². The van der Waals surface area contributed by atoms with Gasteiger partial charge in [0.15, 0.2) is 0 Å². The van der Waals surface area contributed by atoms with Gasteiger partial charge < -0.3 is 10.1 Å². The minimum Gasteiger partial charge on any atom is -0.477 e. The lowest BCUT2D eigenvalue weighted by Gasteiger charge is -2.07. The van der Waals surface area contributed by atoms with Crippen molar-refractivity contribution in [3.63, 3.8) is 0 Å². The summed E-state index contributed by atoms with van der Waals surface area (Å²) < 4.78 is 24.7. The first-order valence-electron chi connectivity index (χ1n) is 5.81. The molecule has 0 saturated carbocycles. The maximum absolute atomic E-state index is 11.6. The maximum Gasteiger partial charge on any atom is 0.341 e. The number of rotatable bonds is 4. The number of hydrogen-bond donors (Lipinski definition) is 3. The third-order valence-corrected chi connectivity index (χ3v) is 3.22. The number of aromatic carboxylic acids is 1. The van der Waals surface area contributed by atoms with Crippen LogP contribution in [0.3, 0.4) is 0 Å². The second-order valence-corrected chi connectivity index (χ2v) is 6.12. The molecule has 3 N–H and O–H groups in total. The first kappa shape index (κ1) is 17.7. The molecule has 0 saturated heterocycles. The fourth-order valence-corrected chi connectivity index (χ4v) is 2.33. The molecule has 0 aliphatic rings. The lowest BCUT2D eigenvalue weighted by Crippen LogP contribution is -2.17. The van der Waals surface area contributed by atoms with Crippen molar-refractivity contribution in [3.05, 3.63) is 52.3 Å². The van der Waals surface area contributed by atoms with Crippen LogP contribution in [0.25, 0.3) is 11.3 Å². The SMILES string of the molecule is CS(=O)(=O)Nc1cccc(-c2ccc(C(=O)O)c(=O)[nH]2)c1.Cl. The average Bonchev–Trinajstić information content (AvgIpc) is 2.36. The highest BCUT2D eigenvalue weighted by Gasteiger charge is 2.10. The molecule has 2 rings (SSSR count). The van der Waals surface area contributed by atoms with Crippen molar-refractivity contribution in [2.45, 2.75) is 0 Å². The van der Waals surface area contributed by atoms with Crippen molar-refractivity contribution in [2.24, 2.45) is 0 Å². The summed E-state index contributed by atoms with van der Waals surface area (Å²) in [5.41, 5.74) is 0.212. The summed E-state index contributed by atoms with van der Waals surface area (Å²) in [6.07, 6.45) is 1.03. The Morgan fingerprint density at radius 3 is 2.45 bits per heavy atom. The second-order valence-electron chi connectivity index (χ2n) is 4.37. The molecule has 0 unspecified atom stereocenters. The lowest BCUT2D eigenvalue weighted by atomic mass is 10.1. The zero-order valence-corrected chi connectivity index (χ0v) is 13.0. The van der Waals surface area contributed by atoms with Crippen molar-refractivity contribution in [1.29, 1.82) is 0 Å². The molecule has 7 nitrogen and oxygen atoms in total. The molecule has 9 heteroatoms. The molecule has 0 amide bonds. The number of carboxylic acid groups (broad SMARTS) is 1. The van der Waals surface area contributed by atoms with E-state index < -0.39 is 21.6 Å². The molecule has 0 fully saturated rings. The van der Waals surface area contributed by atoms with Gasteiger partial charge in [0.25, 0.3) is 5.56 Å². The van der Waals surface area contributed by atoms with Crippen LogP contribution in [0.15, 0.2) is 41.2 Å².